The summed E-state index contributed by atoms with van der Waals surface area (Å²) in [6, 6.07) is 16.8. The van der Waals surface area contributed by atoms with Crippen LogP contribution in [-0.2, 0) is 22.6 Å². The summed E-state index contributed by atoms with van der Waals surface area (Å²) in [5, 5.41) is 8.48. The fourth-order valence-corrected chi connectivity index (χ4v) is 2.38. The number of ether oxygens (including phenoxy) is 1. The fourth-order valence-electron chi connectivity index (χ4n) is 2.16. The first kappa shape index (κ1) is 16.2. The van der Waals surface area contributed by atoms with Crippen molar-refractivity contribution < 1.29 is 13.9 Å². The van der Waals surface area contributed by atoms with Crippen LogP contribution < -0.4 is 0 Å². The van der Waals surface area contributed by atoms with E-state index < -0.39 is 0 Å². The largest absolute Gasteiger partial charge is 0.456 e. The third-order valence-corrected chi connectivity index (χ3v) is 3.59. The van der Waals surface area contributed by atoms with Crippen molar-refractivity contribution in [1.29, 1.82) is 0 Å². The molecule has 0 aliphatic carbocycles. The highest BCUT2D eigenvalue weighted by atomic mass is 35.5. The lowest BCUT2D eigenvalue weighted by Gasteiger charge is -2.03. The number of carbonyl (C=O) groups excluding carboxylic acids is 1. The first-order chi connectivity index (χ1) is 11.7. The van der Waals surface area contributed by atoms with E-state index in [0.29, 0.717) is 17.3 Å². The Kier molecular flexibility index (Phi) is 5.23. The molecule has 122 valence electrons. The summed E-state index contributed by atoms with van der Waals surface area (Å²) in [4.78, 5) is 11.8. The molecule has 1 aromatic heterocycles. The van der Waals surface area contributed by atoms with Crippen LogP contribution in [0.1, 0.15) is 17.9 Å². The zero-order chi connectivity index (χ0) is 16.8. The van der Waals surface area contributed by atoms with Gasteiger partial charge in [0.05, 0.1) is 0 Å². The van der Waals surface area contributed by atoms with Gasteiger partial charge in [-0.15, -0.1) is 10.2 Å². The van der Waals surface area contributed by atoms with Crippen LogP contribution in [-0.4, -0.2) is 16.2 Å². The molecule has 0 atom stereocenters. The minimum atomic E-state index is -0.325. The molecule has 0 aliphatic heterocycles. The van der Waals surface area contributed by atoms with Gasteiger partial charge in [-0.25, -0.2) is 0 Å². The smallest absolute Gasteiger partial charge is 0.306 e. The predicted octanol–water partition coefficient (Wildman–Crippen LogP) is 4.07. The first-order valence-electron chi connectivity index (χ1n) is 7.48. The number of esters is 1. The standard InChI is InChI=1S/C18H15ClN2O3/c19-15-8-4-5-13(11-15)9-10-17(22)23-12-16-20-21-18(24-16)14-6-2-1-3-7-14/h1-8,11H,9-10,12H2. The number of rotatable bonds is 6. The van der Waals surface area contributed by atoms with Crippen molar-refractivity contribution in [3.63, 3.8) is 0 Å². The molecule has 0 saturated heterocycles. The van der Waals surface area contributed by atoms with Gasteiger partial charge < -0.3 is 9.15 Å². The van der Waals surface area contributed by atoms with E-state index in [-0.39, 0.29) is 24.9 Å². The first-order valence-corrected chi connectivity index (χ1v) is 7.86. The van der Waals surface area contributed by atoms with E-state index in [1.807, 2.05) is 48.5 Å². The average Bonchev–Trinajstić information content (AvgIpc) is 3.08. The molecule has 2 aromatic carbocycles. The highest BCUT2D eigenvalue weighted by Gasteiger charge is 2.11. The van der Waals surface area contributed by atoms with E-state index in [4.69, 9.17) is 20.8 Å². The molecule has 3 aromatic rings. The van der Waals surface area contributed by atoms with E-state index >= 15 is 0 Å². The zero-order valence-corrected chi connectivity index (χ0v) is 13.6. The Morgan fingerprint density at radius 1 is 1.08 bits per heavy atom. The Hall–Kier alpha value is -2.66. The van der Waals surface area contributed by atoms with Gasteiger partial charge in [0.25, 0.3) is 5.89 Å². The van der Waals surface area contributed by atoms with Crippen molar-refractivity contribution in [3.05, 3.63) is 71.1 Å². The maximum atomic E-state index is 11.8. The fraction of sp³-hybridized carbons (Fsp3) is 0.167. The Morgan fingerprint density at radius 3 is 2.71 bits per heavy atom. The highest BCUT2D eigenvalue weighted by Crippen LogP contribution is 2.17. The quantitative estimate of drug-likeness (QED) is 0.632. The van der Waals surface area contributed by atoms with Gasteiger partial charge in [0, 0.05) is 17.0 Å². The number of benzene rings is 2. The number of nitrogens with zero attached hydrogens (tertiary/aromatic N) is 2. The summed E-state index contributed by atoms with van der Waals surface area (Å²) in [5.41, 5.74) is 1.81. The minimum Gasteiger partial charge on any atom is -0.456 e. The molecule has 0 spiro atoms. The van der Waals surface area contributed by atoms with Crippen molar-refractivity contribution in [1.82, 2.24) is 10.2 Å². The SMILES string of the molecule is O=C(CCc1cccc(Cl)c1)OCc1nnc(-c2ccccc2)o1. The van der Waals surface area contributed by atoms with Crippen molar-refractivity contribution >= 4 is 17.6 Å². The molecule has 0 fully saturated rings. The van der Waals surface area contributed by atoms with Gasteiger partial charge in [-0.2, -0.15) is 0 Å². The van der Waals surface area contributed by atoms with E-state index in [1.54, 1.807) is 6.07 Å². The third kappa shape index (κ3) is 4.43. The summed E-state index contributed by atoms with van der Waals surface area (Å²) in [6.45, 7) is -0.0335. The Balaban J connectivity index is 1.49. The number of aromatic nitrogens is 2. The molecule has 0 bridgehead atoms. The van der Waals surface area contributed by atoms with E-state index in [2.05, 4.69) is 10.2 Å². The molecule has 0 N–H and O–H groups in total. The second kappa shape index (κ2) is 7.75. The van der Waals surface area contributed by atoms with Crippen molar-refractivity contribution in [2.24, 2.45) is 0 Å². The van der Waals surface area contributed by atoms with E-state index in [1.165, 1.54) is 0 Å². The second-order valence-corrected chi connectivity index (χ2v) is 5.59. The molecular weight excluding hydrogens is 328 g/mol. The summed E-state index contributed by atoms with van der Waals surface area (Å²) >= 11 is 5.91. The molecule has 0 amide bonds. The van der Waals surface area contributed by atoms with Gasteiger partial charge >= 0.3 is 5.97 Å². The van der Waals surface area contributed by atoms with Crippen LogP contribution in [0, 0.1) is 0 Å². The number of hydrogen-bond acceptors (Lipinski definition) is 5. The van der Waals surface area contributed by atoms with Crippen molar-refractivity contribution in [3.8, 4) is 11.5 Å². The van der Waals surface area contributed by atoms with Gasteiger partial charge in [-0.3, -0.25) is 4.79 Å². The summed E-state index contributed by atoms with van der Waals surface area (Å²) in [6.07, 6.45) is 0.832. The molecule has 0 saturated carbocycles. The highest BCUT2D eigenvalue weighted by molar-refractivity contribution is 6.30. The van der Waals surface area contributed by atoms with Gasteiger partial charge in [0.15, 0.2) is 6.61 Å². The van der Waals surface area contributed by atoms with Crippen LogP contribution in [0.2, 0.25) is 5.02 Å². The number of aryl methyl sites for hydroxylation is 1. The maximum absolute atomic E-state index is 11.8. The molecule has 24 heavy (non-hydrogen) atoms. The zero-order valence-electron chi connectivity index (χ0n) is 12.8. The molecule has 5 nitrogen and oxygen atoms in total. The van der Waals surface area contributed by atoms with E-state index in [0.717, 1.165) is 11.1 Å². The molecule has 0 aliphatic rings. The van der Waals surface area contributed by atoms with Crippen LogP contribution in [0.5, 0.6) is 0 Å². The van der Waals surface area contributed by atoms with Gasteiger partial charge in [-0.1, -0.05) is 41.9 Å². The Bertz CT molecular complexity index is 818. The van der Waals surface area contributed by atoms with Gasteiger partial charge in [-0.05, 0) is 36.2 Å². The van der Waals surface area contributed by atoms with Gasteiger partial charge in [0.1, 0.15) is 0 Å². The van der Waals surface area contributed by atoms with Gasteiger partial charge in [0.2, 0.25) is 5.89 Å². The molecule has 3 rings (SSSR count). The molecule has 6 heteroatoms. The minimum absolute atomic E-state index is 0.0335. The van der Waals surface area contributed by atoms with Crippen LogP contribution in [0.4, 0.5) is 0 Å². The predicted molar refractivity (Wildman–Crippen MR) is 89.3 cm³/mol. The third-order valence-electron chi connectivity index (χ3n) is 3.35. The lowest BCUT2D eigenvalue weighted by atomic mass is 10.1. The summed E-state index contributed by atoms with van der Waals surface area (Å²) in [5.74, 6) is 0.347. The summed E-state index contributed by atoms with van der Waals surface area (Å²) in [7, 11) is 0. The van der Waals surface area contributed by atoms with E-state index in [9.17, 15) is 4.79 Å². The molecule has 0 radical (unpaired) electrons. The molecule has 0 unspecified atom stereocenters. The topological polar surface area (TPSA) is 65.2 Å². The van der Waals surface area contributed by atoms with Crippen LogP contribution in [0.15, 0.2) is 59.0 Å². The molecule has 1 heterocycles. The number of halogens is 1. The Morgan fingerprint density at radius 2 is 1.92 bits per heavy atom. The Labute approximate surface area is 144 Å². The average molecular weight is 343 g/mol. The number of hydrogen-bond donors (Lipinski definition) is 0. The monoisotopic (exact) mass is 342 g/mol. The molecular formula is C18H15ClN2O3. The van der Waals surface area contributed by atoms with Crippen molar-refractivity contribution in [2.45, 2.75) is 19.4 Å². The lowest BCUT2D eigenvalue weighted by molar-refractivity contribution is -0.145. The normalized spacial score (nSPS) is 10.5. The van der Waals surface area contributed by atoms with Crippen LogP contribution in [0.25, 0.3) is 11.5 Å². The maximum Gasteiger partial charge on any atom is 0.306 e. The van der Waals surface area contributed by atoms with Crippen LogP contribution in [0.3, 0.4) is 0 Å². The lowest BCUT2D eigenvalue weighted by Crippen LogP contribution is -2.06. The van der Waals surface area contributed by atoms with Crippen molar-refractivity contribution in [2.75, 3.05) is 0 Å². The summed E-state index contributed by atoms with van der Waals surface area (Å²) < 4.78 is 10.6. The van der Waals surface area contributed by atoms with Crippen LogP contribution >= 0.6 is 11.6 Å². The second-order valence-electron chi connectivity index (χ2n) is 5.16. The number of carbonyl (C=O) groups is 1.